The smallest absolute Gasteiger partial charge is 0.136 e. The van der Waals surface area contributed by atoms with Crippen molar-refractivity contribution in [3.8, 4) is 0 Å². The molecule has 2 aromatic rings. The molecule has 3 heteroatoms. The van der Waals surface area contributed by atoms with Crippen LogP contribution < -0.4 is 4.90 Å². The number of alkyl halides is 1. The Morgan fingerprint density at radius 1 is 1.25 bits per heavy atom. The highest BCUT2D eigenvalue weighted by molar-refractivity contribution is 6.18. The van der Waals surface area contributed by atoms with Crippen molar-refractivity contribution in [1.29, 1.82) is 0 Å². The fourth-order valence-corrected chi connectivity index (χ4v) is 2.91. The Morgan fingerprint density at radius 2 is 1.95 bits per heavy atom. The van der Waals surface area contributed by atoms with Gasteiger partial charge in [0.1, 0.15) is 5.82 Å². The minimum Gasteiger partial charge on any atom is -0.353 e. The molecule has 1 aromatic carbocycles. The molecule has 20 heavy (non-hydrogen) atoms. The summed E-state index contributed by atoms with van der Waals surface area (Å²) in [7, 11) is 0. The summed E-state index contributed by atoms with van der Waals surface area (Å²) in [6.07, 6.45) is 4.66. The number of hydrogen-bond acceptors (Lipinski definition) is 2. The average molecular weight is 289 g/mol. The molecule has 1 heterocycles. The number of halogens is 1. The van der Waals surface area contributed by atoms with E-state index in [9.17, 15) is 0 Å². The van der Waals surface area contributed by atoms with Gasteiger partial charge in [0.2, 0.25) is 0 Å². The lowest BCUT2D eigenvalue weighted by molar-refractivity contribution is 0.639. The first kappa shape index (κ1) is 13.7. The lowest BCUT2D eigenvalue weighted by Gasteiger charge is -2.29. The average Bonchev–Trinajstić information content (AvgIpc) is 3.27. The molecule has 1 aliphatic rings. The second-order valence-electron chi connectivity index (χ2n) is 5.98. The number of aromatic nitrogens is 1. The van der Waals surface area contributed by atoms with Crippen LogP contribution in [0.25, 0.3) is 10.8 Å². The van der Waals surface area contributed by atoms with Crippen molar-refractivity contribution < 1.29 is 0 Å². The molecular weight excluding hydrogens is 268 g/mol. The molecule has 3 rings (SSSR count). The molecule has 0 amide bonds. The first-order valence-electron chi connectivity index (χ1n) is 7.40. The van der Waals surface area contributed by atoms with Crippen molar-refractivity contribution >= 4 is 28.2 Å². The highest BCUT2D eigenvalue weighted by Gasteiger charge is 2.27. The summed E-state index contributed by atoms with van der Waals surface area (Å²) in [5, 5.41) is 2.45. The van der Waals surface area contributed by atoms with Crippen molar-refractivity contribution in [2.45, 2.75) is 38.6 Å². The second kappa shape index (κ2) is 5.61. The van der Waals surface area contributed by atoms with E-state index in [1.165, 1.54) is 23.6 Å². The lowest BCUT2D eigenvalue weighted by atomic mass is 10.1. The Bertz CT molecular complexity index is 605. The molecule has 0 N–H and O–H groups in total. The number of fused-ring (bicyclic) bond motifs is 1. The third-order valence-corrected chi connectivity index (χ3v) is 4.34. The number of rotatable bonds is 5. The van der Waals surface area contributed by atoms with Crippen LogP contribution in [0, 0.1) is 5.92 Å². The minimum absolute atomic E-state index is 0.466. The van der Waals surface area contributed by atoms with E-state index in [0.29, 0.717) is 11.9 Å². The van der Waals surface area contributed by atoms with Gasteiger partial charge in [0.25, 0.3) is 0 Å². The number of nitrogens with zero attached hydrogens (tertiary/aromatic N) is 2. The fourth-order valence-electron chi connectivity index (χ4n) is 2.69. The monoisotopic (exact) mass is 288 g/mol. The molecule has 0 radical (unpaired) electrons. The molecular formula is C17H21ClN2. The van der Waals surface area contributed by atoms with Crippen molar-refractivity contribution in [3.63, 3.8) is 0 Å². The maximum absolute atomic E-state index is 6.04. The van der Waals surface area contributed by atoms with Crippen LogP contribution in [0.4, 0.5) is 5.82 Å². The van der Waals surface area contributed by atoms with E-state index >= 15 is 0 Å². The summed E-state index contributed by atoms with van der Waals surface area (Å²) in [6.45, 7) is 5.61. The third-order valence-electron chi connectivity index (χ3n) is 4.05. The normalized spacial score (nSPS) is 15.0. The van der Waals surface area contributed by atoms with Crippen molar-refractivity contribution in [1.82, 2.24) is 4.98 Å². The zero-order chi connectivity index (χ0) is 14.1. The van der Waals surface area contributed by atoms with E-state index in [1.807, 2.05) is 6.20 Å². The Hall–Kier alpha value is -1.28. The molecule has 1 aliphatic carbocycles. The van der Waals surface area contributed by atoms with Crippen LogP contribution >= 0.6 is 11.6 Å². The molecule has 1 fully saturated rings. The van der Waals surface area contributed by atoms with Gasteiger partial charge in [-0.25, -0.2) is 4.98 Å². The van der Waals surface area contributed by atoms with Crippen LogP contribution in [0.15, 0.2) is 30.5 Å². The van der Waals surface area contributed by atoms with Gasteiger partial charge in [0.15, 0.2) is 0 Å². The minimum atomic E-state index is 0.466. The molecule has 0 spiro atoms. The van der Waals surface area contributed by atoms with E-state index in [4.69, 9.17) is 16.6 Å². The molecule has 0 atom stereocenters. The van der Waals surface area contributed by atoms with E-state index < -0.39 is 0 Å². The first-order valence-corrected chi connectivity index (χ1v) is 7.93. The van der Waals surface area contributed by atoms with Gasteiger partial charge in [0, 0.05) is 30.0 Å². The molecule has 0 bridgehead atoms. The third kappa shape index (κ3) is 2.62. The molecule has 2 nitrogen and oxygen atoms in total. The quantitative estimate of drug-likeness (QED) is 0.748. The Morgan fingerprint density at radius 3 is 2.55 bits per heavy atom. The predicted octanol–water partition coefficient (Wildman–Crippen LogP) is 4.60. The SMILES string of the molecule is CC(C)N(CC1CC1)c1ncc(CCl)c2ccccc12. The molecule has 1 saturated carbocycles. The molecule has 0 unspecified atom stereocenters. The van der Waals surface area contributed by atoms with Gasteiger partial charge in [0.05, 0.1) is 0 Å². The van der Waals surface area contributed by atoms with Gasteiger partial charge in [-0.15, -0.1) is 11.6 Å². The standard InChI is InChI=1S/C17H21ClN2/c1-12(2)20(11-13-7-8-13)17-16-6-4-3-5-15(16)14(9-18)10-19-17/h3-6,10,12-13H,7-9,11H2,1-2H3. The summed E-state index contributed by atoms with van der Waals surface area (Å²) in [5.74, 6) is 2.47. The second-order valence-corrected chi connectivity index (χ2v) is 6.24. The van der Waals surface area contributed by atoms with Gasteiger partial charge >= 0.3 is 0 Å². The van der Waals surface area contributed by atoms with Gasteiger partial charge in [-0.05, 0) is 43.6 Å². The summed E-state index contributed by atoms with van der Waals surface area (Å²) in [4.78, 5) is 7.16. The van der Waals surface area contributed by atoms with Crippen molar-refractivity contribution in [3.05, 3.63) is 36.0 Å². The summed E-state index contributed by atoms with van der Waals surface area (Å²) < 4.78 is 0. The van der Waals surface area contributed by atoms with Crippen LogP contribution in [-0.2, 0) is 5.88 Å². The zero-order valence-electron chi connectivity index (χ0n) is 12.1. The Kier molecular flexibility index (Phi) is 3.84. The number of benzene rings is 1. The van der Waals surface area contributed by atoms with Gasteiger partial charge in [-0.1, -0.05) is 24.3 Å². The number of pyridine rings is 1. The van der Waals surface area contributed by atoms with Gasteiger partial charge in [-0.3, -0.25) is 0 Å². The topological polar surface area (TPSA) is 16.1 Å². The maximum Gasteiger partial charge on any atom is 0.136 e. The summed E-state index contributed by atoms with van der Waals surface area (Å²) in [6, 6.07) is 8.93. The molecule has 0 aliphatic heterocycles. The fraction of sp³-hybridized carbons (Fsp3) is 0.471. The summed E-state index contributed by atoms with van der Waals surface area (Å²) in [5.41, 5.74) is 1.11. The van der Waals surface area contributed by atoms with Crippen LogP contribution in [0.1, 0.15) is 32.3 Å². The van der Waals surface area contributed by atoms with Crippen molar-refractivity contribution in [2.24, 2.45) is 5.92 Å². The largest absolute Gasteiger partial charge is 0.353 e. The number of anilines is 1. The van der Waals surface area contributed by atoms with Crippen LogP contribution in [0.2, 0.25) is 0 Å². The van der Waals surface area contributed by atoms with Crippen molar-refractivity contribution in [2.75, 3.05) is 11.4 Å². The highest BCUT2D eigenvalue weighted by atomic mass is 35.5. The van der Waals surface area contributed by atoms with E-state index in [-0.39, 0.29) is 0 Å². The predicted molar refractivity (Wildman–Crippen MR) is 86.5 cm³/mol. The Balaban J connectivity index is 2.09. The van der Waals surface area contributed by atoms with Crippen LogP contribution in [0.3, 0.4) is 0 Å². The summed E-state index contributed by atoms with van der Waals surface area (Å²) >= 11 is 6.04. The van der Waals surface area contributed by atoms with E-state index in [0.717, 1.165) is 23.8 Å². The Labute approximate surface area is 125 Å². The lowest BCUT2D eigenvalue weighted by Crippen LogP contribution is -2.33. The maximum atomic E-state index is 6.04. The van der Waals surface area contributed by atoms with E-state index in [1.54, 1.807) is 0 Å². The van der Waals surface area contributed by atoms with Crippen LogP contribution in [0.5, 0.6) is 0 Å². The van der Waals surface area contributed by atoms with Gasteiger partial charge in [-0.2, -0.15) is 0 Å². The molecule has 106 valence electrons. The highest BCUT2D eigenvalue weighted by Crippen LogP contribution is 2.34. The van der Waals surface area contributed by atoms with Gasteiger partial charge < -0.3 is 4.90 Å². The zero-order valence-corrected chi connectivity index (χ0v) is 12.9. The first-order chi connectivity index (χ1) is 9.70. The molecule has 0 saturated heterocycles. The number of hydrogen-bond donors (Lipinski definition) is 0. The molecule has 1 aromatic heterocycles. The van der Waals surface area contributed by atoms with Crippen LogP contribution in [-0.4, -0.2) is 17.6 Å². The van der Waals surface area contributed by atoms with E-state index in [2.05, 4.69) is 43.0 Å².